The molecule has 0 aliphatic carbocycles. The Morgan fingerprint density at radius 3 is 2.40 bits per heavy atom. The SMILES string of the molecule is CCOC(=O)c1sc(N2C(=O)C(O)=C(C(=O)c3sc(C)nc3C)C2c2ccccc2OC)nc1C. The lowest BCUT2D eigenvalue weighted by molar-refractivity contribution is -0.117. The van der Waals surface area contributed by atoms with Crippen molar-refractivity contribution in [2.75, 3.05) is 18.6 Å². The molecule has 1 aliphatic heterocycles. The summed E-state index contributed by atoms with van der Waals surface area (Å²) in [7, 11) is 1.48. The van der Waals surface area contributed by atoms with E-state index in [1.54, 1.807) is 52.0 Å². The first-order valence-electron chi connectivity index (χ1n) is 10.7. The number of carbonyl (C=O) groups excluding carboxylic acids is 3. The maximum atomic E-state index is 13.7. The third kappa shape index (κ3) is 4.21. The second-order valence-corrected chi connectivity index (χ2v) is 9.87. The Hall–Kier alpha value is -3.57. The van der Waals surface area contributed by atoms with Gasteiger partial charge in [0.2, 0.25) is 5.78 Å². The Morgan fingerprint density at radius 1 is 1.09 bits per heavy atom. The summed E-state index contributed by atoms with van der Waals surface area (Å²) in [6, 6.07) is 5.89. The summed E-state index contributed by atoms with van der Waals surface area (Å²) in [6.07, 6.45) is 0. The van der Waals surface area contributed by atoms with Gasteiger partial charge >= 0.3 is 5.97 Å². The number of hydrogen-bond acceptors (Lipinski definition) is 10. The van der Waals surface area contributed by atoms with Gasteiger partial charge in [-0.25, -0.2) is 14.8 Å². The van der Waals surface area contributed by atoms with Gasteiger partial charge < -0.3 is 14.6 Å². The van der Waals surface area contributed by atoms with Gasteiger partial charge in [0.05, 0.1) is 40.6 Å². The molecule has 0 fully saturated rings. The predicted octanol–water partition coefficient (Wildman–Crippen LogP) is 4.49. The average molecular weight is 514 g/mol. The van der Waals surface area contributed by atoms with Crippen LogP contribution in [0.25, 0.3) is 0 Å². The van der Waals surface area contributed by atoms with Crippen molar-refractivity contribution in [1.82, 2.24) is 9.97 Å². The van der Waals surface area contributed by atoms with Gasteiger partial charge in [0.15, 0.2) is 10.9 Å². The summed E-state index contributed by atoms with van der Waals surface area (Å²) in [4.78, 5) is 50.0. The normalized spacial score (nSPS) is 15.6. The van der Waals surface area contributed by atoms with Gasteiger partial charge in [-0.2, -0.15) is 0 Å². The number of esters is 1. The van der Waals surface area contributed by atoms with Crippen molar-refractivity contribution >= 4 is 45.5 Å². The van der Waals surface area contributed by atoms with E-state index in [1.807, 2.05) is 0 Å². The van der Waals surface area contributed by atoms with Gasteiger partial charge in [0.1, 0.15) is 16.7 Å². The molecule has 11 heteroatoms. The minimum atomic E-state index is -1.03. The number of Topliss-reactive ketones (excluding diaryl/α,β-unsaturated/α-hetero) is 1. The Balaban J connectivity index is 1.90. The predicted molar refractivity (Wildman–Crippen MR) is 132 cm³/mol. The van der Waals surface area contributed by atoms with Crippen LogP contribution >= 0.6 is 22.7 Å². The van der Waals surface area contributed by atoms with Crippen LogP contribution in [0, 0.1) is 20.8 Å². The molecule has 0 saturated carbocycles. The molecule has 3 heterocycles. The van der Waals surface area contributed by atoms with Crippen LogP contribution in [-0.2, 0) is 9.53 Å². The maximum absolute atomic E-state index is 13.7. The maximum Gasteiger partial charge on any atom is 0.350 e. The zero-order chi connectivity index (χ0) is 25.4. The molecule has 4 rings (SSSR count). The topological polar surface area (TPSA) is 119 Å². The molecule has 0 saturated heterocycles. The lowest BCUT2D eigenvalue weighted by atomic mass is 9.94. The molecule has 182 valence electrons. The van der Waals surface area contributed by atoms with Crippen molar-refractivity contribution in [3.05, 3.63) is 67.3 Å². The van der Waals surface area contributed by atoms with Crippen LogP contribution in [0.1, 0.15) is 54.3 Å². The minimum Gasteiger partial charge on any atom is -0.503 e. The van der Waals surface area contributed by atoms with Crippen LogP contribution in [0.4, 0.5) is 5.13 Å². The highest BCUT2D eigenvalue weighted by Gasteiger charge is 2.47. The van der Waals surface area contributed by atoms with Crippen LogP contribution in [0.2, 0.25) is 0 Å². The number of aryl methyl sites for hydroxylation is 3. The molecule has 1 atom stereocenters. The first kappa shape index (κ1) is 24.6. The van der Waals surface area contributed by atoms with Crippen molar-refractivity contribution in [1.29, 1.82) is 0 Å². The van der Waals surface area contributed by atoms with Crippen LogP contribution in [0.15, 0.2) is 35.6 Å². The summed E-state index contributed by atoms with van der Waals surface area (Å²) >= 11 is 2.15. The highest BCUT2D eigenvalue weighted by molar-refractivity contribution is 7.17. The fourth-order valence-electron chi connectivity index (χ4n) is 3.96. The number of thiazole rings is 2. The first-order chi connectivity index (χ1) is 16.7. The Bertz CT molecular complexity index is 1370. The van der Waals surface area contributed by atoms with Gasteiger partial charge in [-0.15, -0.1) is 11.3 Å². The average Bonchev–Trinajstić information content (AvgIpc) is 3.46. The lowest BCUT2D eigenvalue weighted by Gasteiger charge is -2.25. The number of rotatable bonds is 7. The molecular formula is C24H23N3O6S2. The highest BCUT2D eigenvalue weighted by atomic mass is 32.1. The molecule has 1 N–H and O–H groups in total. The fourth-order valence-corrected chi connectivity index (χ4v) is 5.82. The number of para-hydroxylation sites is 1. The molecule has 1 aliphatic rings. The van der Waals surface area contributed by atoms with Crippen molar-refractivity contribution in [2.24, 2.45) is 0 Å². The Morgan fingerprint density at radius 2 is 1.77 bits per heavy atom. The smallest absolute Gasteiger partial charge is 0.350 e. The molecule has 35 heavy (non-hydrogen) atoms. The van der Waals surface area contributed by atoms with Gasteiger partial charge in [-0.3, -0.25) is 14.5 Å². The van der Waals surface area contributed by atoms with E-state index in [4.69, 9.17) is 9.47 Å². The van der Waals surface area contributed by atoms with E-state index in [0.717, 1.165) is 11.3 Å². The number of nitrogens with zero attached hydrogens (tertiary/aromatic N) is 3. The number of hydrogen-bond donors (Lipinski definition) is 1. The third-order valence-electron chi connectivity index (χ3n) is 5.45. The number of methoxy groups -OCH3 is 1. The van der Waals surface area contributed by atoms with E-state index >= 15 is 0 Å². The van der Waals surface area contributed by atoms with Crippen molar-refractivity contribution in [3.8, 4) is 5.75 Å². The molecule has 0 bridgehead atoms. The molecule has 1 aromatic carbocycles. The van der Waals surface area contributed by atoms with E-state index in [1.165, 1.54) is 23.3 Å². The molecule has 2 aromatic heterocycles. The zero-order valence-electron chi connectivity index (χ0n) is 19.7. The standard InChI is InChI=1S/C24H23N3O6S2/c1-6-33-23(31)21-12(3)26-24(35-21)27-17(14-9-7-8-10-15(14)32-5)16(19(29)22(27)30)18(28)20-11(2)25-13(4)34-20/h7-10,17,29H,6H2,1-5H3. The number of anilines is 1. The lowest BCUT2D eigenvalue weighted by Crippen LogP contribution is -2.31. The summed E-state index contributed by atoms with van der Waals surface area (Å²) < 4.78 is 10.6. The van der Waals surface area contributed by atoms with Gasteiger partial charge in [0.25, 0.3) is 5.91 Å². The van der Waals surface area contributed by atoms with Crippen LogP contribution < -0.4 is 9.64 Å². The molecule has 9 nitrogen and oxygen atoms in total. The number of carbonyl (C=O) groups is 3. The molecule has 0 radical (unpaired) electrons. The van der Waals surface area contributed by atoms with E-state index in [-0.39, 0.29) is 22.2 Å². The summed E-state index contributed by atoms with van der Waals surface area (Å²) in [5, 5.41) is 11.8. The molecule has 1 unspecified atom stereocenters. The number of benzene rings is 1. The van der Waals surface area contributed by atoms with Crippen molar-refractivity contribution in [2.45, 2.75) is 33.7 Å². The van der Waals surface area contributed by atoms with E-state index in [0.29, 0.717) is 32.6 Å². The zero-order valence-corrected chi connectivity index (χ0v) is 21.4. The summed E-state index contributed by atoms with van der Waals surface area (Å²) in [6.45, 7) is 7.00. The number of ether oxygens (including phenoxy) is 2. The van der Waals surface area contributed by atoms with Crippen molar-refractivity contribution in [3.63, 3.8) is 0 Å². The first-order valence-corrected chi connectivity index (χ1v) is 12.4. The van der Waals surface area contributed by atoms with Gasteiger partial charge in [-0.05, 0) is 33.8 Å². The molecule has 1 amide bonds. The summed E-state index contributed by atoms with van der Waals surface area (Å²) in [5.41, 5.74) is 1.28. The number of amides is 1. The van der Waals surface area contributed by atoms with E-state index < -0.39 is 29.5 Å². The highest BCUT2D eigenvalue weighted by Crippen LogP contribution is 2.46. The minimum absolute atomic E-state index is 0.100. The van der Waals surface area contributed by atoms with Gasteiger partial charge in [0, 0.05) is 5.56 Å². The molecule has 0 spiro atoms. The van der Waals surface area contributed by atoms with Crippen LogP contribution in [0.3, 0.4) is 0 Å². The number of ketones is 1. The quantitative estimate of drug-likeness (QED) is 0.363. The fraction of sp³-hybridized carbons (Fsp3) is 0.292. The third-order valence-corrected chi connectivity index (χ3v) is 7.66. The van der Waals surface area contributed by atoms with E-state index in [2.05, 4.69) is 9.97 Å². The second kappa shape index (κ2) is 9.59. The Kier molecular flexibility index (Phi) is 6.73. The molecular weight excluding hydrogens is 490 g/mol. The largest absolute Gasteiger partial charge is 0.503 e. The Labute approximate surface area is 209 Å². The number of aliphatic hydroxyl groups is 1. The number of aromatic nitrogens is 2. The van der Waals surface area contributed by atoms with Gasteiger partial charge in [-0.1, -0.05) is 29.5 Å². The molecule has 3 aromatic rings. The van der Waals surface area contributed by atoms with Crippen molar-refractivity contribution < 1.29 is 29.0 Å². The monoisotopic (exact) mass is 513 g/mol. The van der Waals surface area contributed by atoms with E-state index in [9.17, 15) is 19.5 Å². The summed E-state index contributed by atoms with van der Waals surface area (Å²) in [5.74, 6) is -2.12. The second-order valence-electron chi connectivity index (χ2n) is 7.69. The van der Waals surface area contributed by atoms with Crippen LogP contribution in [0.5, 0.6) is 5.75 Å². The number of aliphatic hydroxyl groups excluding tert-OH is 1. The van der Waals surface area contributed by atoms with Crippen LogP contribution in [-0.4, -0.2) is 46.5 Å².